The van der Waals surface area contributed by atoms with Crippen LogP contribution in [0.3, 0.4) is 0 Å². The first-order chi connectivity index (χ1) is 10.7. The molecule has 7 heteroatoms. The first-order valence-electron chi connectivity index (χ1n) is 6.63. The first kappa shape index (κ1) is 13.7. The lowest BCUT2D eigenvalue weighted by Crippen LogP contribution is -2.27. The Kier molecular flexibility index (Phi) is 3.78. The van der Waals surface area contributed by atoms with E-state index in [0.29, 0.717) is 11.6 Å². The van der Waals surface area contributed by atoms with Crippen LogP contribution in [0.15, 0.2) is 59.9 Å². The van der Waals surface area contributed by atoms with E-state index in [9.17, 15) is 9.59 Å². The highest BCUT2D eigenvalue weighted by Crippen LogP contribution is 2.14. The van der Waals surface area contributed by atoms with Crippen molar-refractivity contribution in [3.8, 4) is 11.3 Å². The number of imidazole rings is 1. The number of hydrogen-bond donors (Lipinski definition) is 2. The smallest absolute Gasteiger partial charge is 0.269 e. The van der Waals surface area contributed by atoms with Crippen molar-refractivity contribution < 1.29 is 4.79 Å². The predicted molar refractivity (Wildman–Crippen MR) is 81.2 cm³/mol. The number of hydrogen-bond acceptors (Lipinski definition) is 4. The van der Waals surface area contributed by atoms with Crippen LogP contribution in [0.5, 0.6) is 0 Å². The summed E-state index contributed by atoms with van der Waals surface area (Å²) in [5.74, 6) is -0.00218. The lowest BCUT2D eigenvalue weighted by atomic mass is 10.2. The third-order valence-corrected chi connectivity index (χ3v) is 3.01. The minimum atomic E-state index is -0.345. The van der Waals surface area contributed by atoms with Crippen LogP contribution < -0.4 is 10.9 Å². The number of anilines is 1. The third-order valence-electron chi connectivity index (χ3n) is 3.01. The molecule has 0 saturated heterocycles. The van der Waals surface area contributed by atoms with Gasteiger partial charge in [0.05, 0.1) is 11.9 Å². The van der Waals surface area contributed by atoms with Crippen LogP contribution in [-0.4, -0.2) is 25.4 Å². The van der Waals surface area contributed by atoms with E-state index in [1.54, 1.807) is 12.4 Å². The number of aromatic amines is 1. The molecule has 1 amide bonds. The maximum atomic E-state index is 11.9. The maximum absolute atomic E-state index is 11.9. The molecule has 0 radical (unpaired) electrons. The summed E-state index contributed by atoms with van der Waals surface area (Å²) in [4.78, 5) is 34.5. The number of carbonyl (C=O) groups excluding carboxylic acids is 1. The number of H-pyrrole nitrogens is 1. The second kappa shape index (κ2) is 6.04. The molecule has 1 aromatic carbocycles. The minimum Gasteiger partial charge on any atom is -0.331 e. The van der Waals surface area contributed by atoms with Crippen molar-refractivity contribution in [3.63, 3.8) is 0 Å². The van der Waals surface area contributed by atoms with E-state index >= 15 is 0 Å². The topological polar surface area (TPSA) is 92.7 Å². The van der Waals surface area contributed by atoms with Crippen LogP contribution in [-0.2, 0) is 11.3 Å². The van der Waals surface area contributed by atoms with Crippen molar-refractivity contribution in [2.75, 3.05) is 5.32 Å². The van der Waals surface area contributed by atoms with Gasteiger partial charge in [0.1, 0.15) is 6.54 Å². The van der Waals surface area contributed by atoms with Gasteiger partial charge in [-0.25, -0.2) is 9.97 Å². The Balaban J connectivity index is 1.81. The summed E-state index contributed by atoms with van der Waals surface area (Å²) in [6.45, 7) is -0.109. The molecule has 2 heterocycles. The monoisotopic (exact) mass is 295 g/mol. The average molecular weight is 295 g/mol. The SMILES string of the molecule is O=C(Cn1cc(-c2ccccc2)ncc1=O)Nc1ncc[nH]1. The molecule has 110 valence electrons. The Hall–Kier alpha value is -3.22. The van der Waals surface area contributed by atoms with Crippen LogP contribution >= 0.6 is 0 Å². The zero-order valence-corrected chi connectivity index (χ0v) is 11.6. The van der Waals surface area contributed by atoms with Crippen LogP contribution in [0.4, 0.5) is 5.95 Å². The normalized spacial score (nSPS) is 10.4. The molecule has 0 saturated carbocycles. The zero-order valence-electron chi connectivity index (χ0n) is 11.6. The molecule has 0 unspecified atom stereocenters. The van der Waals surface area contributed by atoms with Gasteiger partial charge in [-0.15, -0.1) is 0 Å². The van der Waals surface area contributed by atoms with Crippen LogP contribution in [0.2, 0.25) is 0 Å². The second-order valence-electron chi connectivity index (χ2n) is 4.59. The van der Waals surface area contributed by atoms with Gasteiger partial charge in [-0.05, 0) is 0 Å². The van der Waals surface area contributed by atoms with Crippen molar-refractivity contribution in [1.82, 2.24) is 19.5 Å². The van der Waals surface area contributed by atoms with Gasteiger partial charge < -0.3 is 9.55 Å². The highest BCUT2D eigenvalue weighted by atomic mass is 16.2. The Labute approximate surface area is 125 Å². The molecule has 22 heavy (non-hydrogen) atoms. The summed E-state index contributed by atoms with van der Waals surface area (Å²) in [7, 11) is 0. The molecule has 7 nitrogen and oxygen atoms in total. The molecule has 0 bridgehead atoms. The molecule has 2 N–H and O–H groups in total. The summed E-state index contributed by atoms with van der Waals surface area (Å²) in [5, 5.41) is 2.57. The van der Waals surface area contributed by atoms with E-state index < -0.39 is 0 Å². The number of aromatic nitrogens is 4. The van der Waals surface area contributed by atoms with Gasteiger partial charge in [0.15, 0.2) is 0 Å². The summed E-state index contributed by atoms with van der Waals surface area (Å²) >= 11 is 0. The summed E-state index contributed by atoms with van der Waals surface area (Å²) in [5.41, 5.74) is 1.17. The third kappa shape index (κ3) is 3.09. The number of carbonyl (C=O) groups is 1. The van der Waals surface area contributed by atoms with Crippen LogP contribution in [0, 0.1) is 0 Å². The standard InChI is InChI=1S/C15H13N5O2/c21-13(19-15-16-6-7-17-15)10-20-9-12(18-8-14(20)22)11-4-2-1-3-5-11/h1-9H,10H2,(H2,16,17,19,21). The van der Waals surface area contributed by atoms with Gasteiger partial charge in [-0.1, -0.05) is 30.3 Å². The van der Waals surface area contributed by atoms with Crippen molar-refractivity contribution in [2.45, 2.75) is 6.54 Å². The van der Waals surface area contributed by atoms with E-state index in [0.717, 1.165) is 5.56 Å². The summed E-state index contributed by atoms with van der Waals surface area (Å²) < 4.78 is 1.31. The fourth-order valence-corrected chi connectivity index (χ4v) is 1.98. The number of nitrogens with one attached hydrogen (secondary N) is 2. The summed E-state index contributed by atoms with van der Waals surface area (Å²) in [6.07, 6.45) is 5.91. The molecule has 0 aliphatic heterocycles. The minimum absolute atomic E-state index is 0.109. The average Bonchev–Trinajstić information content (AvgIpc) is 3.03. The predicted octanol–water partition coefficient (Wildman–Crippen LogP) is 1.27. The zero-order chi connectivity index (χ0) is 15.4. The van der Waals surface area contributed by atoms with Crippen molar-refractivity contribution in [1.29, 1.82) is 0 Å². The molecule has 2 aromatic heterocycles. The fourth-order valence-electron chi connectivity index (χ4n) is 1.98. The Morgan fingerprint density at radius 3 is 2.77 bits per heavy atom. The van der Waals surface area contributed by atoms with Crippen molar-refractivity contribution in [2.24, 2.45) is 0 Å². The Bertz CT molecular complexity index is 825. The Morgan fingerprint density at radius 2 is 2.05 bits per heavy atom. The number of nitrogens with zero attached hydrogens (tertiary/aromatic N) is 3. The lowest BCUT2D eigenvalue weighted by molar-refractivity contribution is -0.116. The van der Waals surface area contributed by atoms with E-state index in [1.165, 1.54) is 17.0 Å². The largest absolute Gasteiger partial charge is 0.331 e. The van der Waals surface area contributed by atoms with Crippen LogP contribution in [0.1, 0.15) is 0 Å². The highest BCUT2D eigenvalue weighted by Gasteiger charge is 2.08. The van der Waals surface area contributed by atoms with Gasteiger partial charge >= 0.3 is 0 Å². The molecule has 0 aliphatic carbocycles. The molecule has 0 fully saturated rings. The molecule has 0 atom stereocenters. The van der Waals surface area contributed by atoms with E-state index in [4.69, 9.17) is 0 Å². The van der Waals surface area contributed by atoms with Gasteiger partial charge in [0, 0.05) is 24.2 Å². The quantitative estimate of drug-likeness (QED) is 0.758. The van der Waals surface area contributed by atoms with Crippen molar-refractivity contribution >= 4 is 11.9 Å². The van der Waals surface area contributed by atoms with Gasteiger partial charge in [0.2, 0.25) is 11.9 Å². The number of benzene rings is 1. The summed E-state index contributed by atoms with van der Waals surface area (Å²) in [6, 6.07) is 9.45. The molecular formula is C15H13N5O2. The van der Waals surface area contributed by atoms with Crippen LogP contribution in [0.25, 0.3) is 11.3 Å². The fraction of sp³-hybridized carbons (Fsp3) is 0.0667. The molecule has 3 aromatic rings. The van der Waals surface area contributed by atoms with Gasteiger partial charge in [-0.3, -0.25) is 14.9 Å². The van der Waals surface area contributed by atoms with E-state index in [1.807, 2.05) is 30.3 Å². The number of amides is 1. The van der Waals surface area contributed by atoms with E-state index in [-0.39, 0.29) is 18.0 Å². The molecule has 0 aliphatic rings. The lowest BCUT2D eigenvalue weighted by Gasteiger charge is -2.07. The molecule has 0 spiro atoms. The maximum Gasteiger partial charge on any atom is 0.269 e. The van der Waals surface area contributed by atoms with Crippen molar-refractivity contribution in [3.05, 3.63) is 65.5 Å². The molecule has 3 rings (SSSR count). The van der Waals surface area contributed by atoms with Gasteiger partial charge in [-0.2, -0.15) is 0 Å². The van der Waals surface area contributed by atoms with Gasteiger partial charge in [0.25, 0.3) is 5.56 Å². The highest BCUT2D eigenvalue weighted by molar-refractivity contribution is 5.88. The Morgan fingerprint density at radius 1 is 1.23 bits per heavy atom. The molecular weight excluding hydrogens is 282 g/mol. The van der Waals surface area contributed by atoms with E-state index in [2.05, 4.69) is 20.3 Å². The second-order valence-corrected chi connectivity index (χ2v) is 4.59. The number of rotatable bonds is 4. The first-order valence-corrected chi connectivity index (χ1v) is 6.63.